The van der Waals surface area contributed by atoms with Crippen LogP contribution in [0.25, 0.3) is 0 Å². The molecule has 0 radical (unpaired) electrons. The van der Waals surface area contributed by atoms with Gasteiger partial charge in [-0.15, -0.1) is 0 Å². The molecule has 5 nitrogen and oxygen atoms in total. The third kappa shape index (κ3) is 9.08. The zero-order valence-corrected chi connectivity index (χ0v) is 29.9. The molecule has 4 fully saturated rings. The zero-order valence-electron chi connectivity index (χ0n) is 29.9. The minimum Gasteiger partial charge on any atom is -0.481 e. The lowest BCUT2D eigenvalue weighted by Gasteiger charge is -2.62. The molecule has 10 unspecified atom stereocenters. The largest absolute Gasteiger partial charge is 0.481 e. The predicted octanol–water partition coefficient (Wildman–Crippen LogP) is 10.5. The average Bonchev–Trinajstić information content (AvgIpc) is 3.39. The number of carbonyl (C=O) groups excluding carboxylic acids is 1. The Kier molecular flexibility index (Phi) is 14.3. The molecular weight excluding hydrogens is 572 g/mol. The second kappa shape index (κ2) is 17.7. The predicted molar refractivity (Wildman–Crippen MR) is 187 cm³/mol. The molecule has 0 saturated heterocycles. The highest BCUT2D eigenvalue weighted by atomic mass is 16.5. The van der Waals surface area contributed by atoms with Crippen LogP contribution in [0.1, 0.15) is 163 Å². The van der Waals surface area contributed by atoms with Gasteiger partial charge in [0.15, 0.2) is 0 Å². The third-order valence-electron chi connectivity index (χ3n) is 13.7. The summed E-state index contributed by atoms with van der Waals surface area (Å²) in [5, 5.41) is 21.0. The highest BCUT2D eigenvalue weighted by molar-refractivity contribution is 5.69. The van der Waals surface area contributed by atoms with Gasteiger partial charge in [-0.1, -0.05) is 84.1 Å². The molecule has 4 aliphatic rings. The first kappa shape index (κ1) is 37.2. The topological polar surface area (TPSA) is 83.8 Å². The van der Waals surface area contributed by atoms with Crippen LogP contribution in [0.4, 0.5) is 0 Å². The van der Waals surface area contributed by atoms with Crippen molar-refractivity contribution in [2.45, 2.75) is 175 Å². The lowest BCUT2D eigenvalue weighted by Crippen LogP contribution is -2.59. The van der Waals surface area contributed by atoms with Gasteiger partial charge >= 0.3 is 11.9 Å². The summed E-state index contributed by atoms with van der Waals surface area (Å²) in [5.74, 6) is 2.30. The van der Waals surface area contributed by atoms with E-state index in [1.807, 2.05) is 0 Å². The summed E-state index contributed by atoms with van der Waals surface area (Å²) >= 11 is 0. The van der Waals surface area contributed by atoms with Gasteiger partial charge in [0.05, 0.1) is 6.10 Å². The molecule has 2 N–H and O–H groups in total. The maximum Gasteiger partial charge on any atom is 0.306 e. The highest BCUT2D eigenvalue weighted by Gasteiger charge is 2.63. The van der Waals surface area contributed by atoms with Gasteiger partial charge < -0.3 is 14.9 Å². The van der Waals surface area contributed by atoms with Crippen molar-refractivity contribution < 1.29 is 24.5 Å². The van der Waals surface area contributed by atoms with Crippen molar-refractivity contribution in [3.8, 4) is 0 Å². The molecule has 262 valence electrons. The molecule has 5 heteroatoms. The fourth-order valence-electron chi connectivity index (χ4n) is 10.9. The van der Waals surface area contributed by atoms with Gasteiger partial charge in [0.2, 0.25) is 0 Å². The van der Waals surface area contributed by atoms with Crippen molar-refractivity contribution in [3.63, 3.8) is 0 Å². The van der Waals surface area contributed by atoms with Crippen molar-refractivity contribution in [2.75, 3.05) is 0 Å². The summed E-state index contributed by atoms with van der Waals surface area (Å²) in [6.07, 6.45) is 30.7. The summed E-state index contributed by atoms with van der Waals surface area (Å²) in [6.45, 7) is 9.28. The standard InChI is InChI=1S/C41H68O5/c1-5-6-7-8-9-10-11-12-13-14-15-16-17-18-19-39(45)46-32-26-27-40(3)31(28-32)21-22-33-35-24-23-34(30(2)20-25-38(43)44)41(35,4)37(42)29-36(33)40/h8-9,11-12,30-37,42H,5-7,10,13-29H2,1-4H3,(H,43,44)/b9-8-,12-11-. The average molecular weight is 641 g/mol. The molecule has 10 atom stereocenters. The number of aliphatic carboxylic acids is 1. The number of rotatable bonds is 18. The number of fused-ring (bicyclic) bond motifs is 5. The number of aliphatic hydroxyl groups excluding tert-OH is 1. The lowest BCUT2D eigenvalue weighted by atomic mass is 9.43. The van der Waals surface area contributed by atoms with Crippen molar-refractivity contribution in [1.82, 2.24) is 0 Å². The van der Waals surface area contributed by atoms with Crippen LogP contribution in [0.5, 0.6) is 0 Å². The first-order valence-electron chi connectivity index (χ1n) is 19.5. The SMILES string of the molecule is CCCC/C=C\C/C=C\CCCCCCCC(=O)OC1CCC2(C)C(CCC3C2CC(O)C2(C)C(C(C)CCC(=O)O)CCC32)C1. The van der Waals surface area contributed by atoms with Crippen LogP contribution < -0.4 is 0 Å². The maximum atomic E-state index is 12.8. The fraction of sp³-hybridized carbons (Fsp3) is 0.854. The molecule has 0 aliphatic heterocycles. The fourth-order valence-corrected chi connectivity index (χ4v) is 10.9. The molecule has 0 amide bonds. The van der Waals surface area contributed by atoms with E-state index < -0.39 is 5.97 Å². The van der Waals surface area contributed by atoms with Crippen LogP contribution in [0, 0.1) is 46.3 Å². The first-order valence-corrected chi connectivity index (χ1v) is 19.5. The number of allylic oxidation sites excluding steroid dienone is 4. The number of carboxylic acid groups (broad SMARTS) is 1. The molecule has 0 aromatic heterocycles. The number of hydrogen-bond acceptors (Lipinski definition) is 4. The van der Waals surface area contributed by atoms with Crippen LogP contribution in [-0.4, -0.2) is 34.4 Å². The maximum absolute atomic E-state index is 12.8. The van der Waals surface area contributed by atoms with Crippen molar-refractivity contribution >= 4 is 11.9 Å². The Balaban J connectivity index is 1.15. The van der Waals surface area contributed by atoms with Gasteiger partial charge in [0.25, 0.3) is 0 Å². The second-order valence-electron chi connectivity index (χ2n) is 16.4. The Morgan fingerprint density at radius 3 is 2.30 bits per heavy atom. The van der Waals surface area contributed by atoms with Crippen molar-refractivity contribution in [2.24, 2.45) is 46.3 Å². The second-order valence-corrected chi connectivity index (χ2v) is 16.4. The zero-order chi connectivity index (χ0) is 33.2. The number of unbranched alkanes of at least 4 members (excludes halogenated alkanes) is 7. The minimum absolute atomic E-state index is 0.00455. The van der Waals surface area contributed by atoms with E-state index in [0.717, 1.165) is 57.8 Å². The molecule has 4 rings (SSSR count). The Labute approximate surface area is 281 Å². The van der Waals surface area contributed by atoms with E-state index in [1.54, 1.807) is 0 Å². The molecule has 4 aliphatic carbocycles. The van der Waals surface area contributed by atoms with Crippen molar-refractivity contribution in [3.05, 3.63) is 24.3 Å². The molecule has 0 aromatic carbocycles. The highest BCUT2D eigenvalue weighted by Crippen LogP contribution is 2.68. The molecule has 0 heterocycles. The van der Waals surface area contributed by atoms with Gasteiger partial charge in [-0.05, 0) is 136 Å². The monoisotopic (exact) mass is 641 g/mol. The van der Waals surface area contributed by atoms with Crippen LogP contribution in [0.2, 0.25) is 0 Å². The lowest BCUT2D eigenvalue weighted by molar-refractivity contribution is -0.181. The summed E-state index contributed by atoms with van der Waals surface area (Å²) in [5.41, 5.74) is 0.110. The Morgan fingerprint density at radius 1 is 0.848 bits per heavy atom. The Hall–Kier alpha value is -1.62. The smallest absolute Gasteiger partial charge is 0.306 e. The number of ether oxygens (including phenoxy) is 1. The van der Waals surface area contributed by atoms with Crippen LogP contribution in [0.15, 0.2) is 24.3 Å². The molecule has 46 heavy (non-hydrogen) atoms. The number of hydrogen-bond donors (Lipinski definition) is 2. The van der Waals surface area contributed by atoms with E-state index in [-0.39, 0.29) is 35.4 Å². The number of carbonyl (C=O) groups is 2. The van der Waals surface area contributed by atoms with Crippen LogP contribution >= 0.6 is 0 Å². The summed E-state index contributed by atoms with van der Waals surface area (Å²) in [6, 6.07) is 0. The molecule has 4 saturated carbocycles. The Morgan fingerprint density at radius 2 is 1.57 bits per heavy atom. The quantitative estimate of drug-likeness (QED) is 0.0885. The van der Waals surface area contributed by atoms with Gasteiger partial charge in [0, 0.05) is 12.8 Å². The molecule has 0 spiro atoms. The minimum atomic E-state index is -0.713. The third-order valence-corrected chi connectivity index (χ3v) is 13.7. The van der Waals surface area contributed by atoms with Gasteiger partial charge in [-0.3, -0.25) is 9.59 Å². The van der Waals surface area contributed by atoms with E-state index in [4.69, 9.17) is 4.74 Å². The van der Waals surface area contributed by atoms with E-state index in [1.165, 1.54) is 57.8 Å². The number of esters is 1. The van der Waals surface area contributed by atoms with E-state index in [9.17, 15) is 19.8 Å². The Bertz CT molecular complexity index is 1020. The van der Waals surface area contributed by atoms with E-state index in [0.29, 0.717) is 48.3 Å². The number of aliphatic hydroxyl groups is 1. The number of carboxylic acids is 1. The molecule has 0 aromatic rings. The van der Waals surface area contributed by atoms with E-state index >= 15 is 0 Å². The summed E-state index contributed by atoms with van der Waals surface area (Å²) in [4.78, 5) is 24.0. The van der Waals surface area contributed by atoms with Gasteiger partial charge in [-0.2, -0.15) is 0 Å². The van der Waals surface area contributed by atoms with Crippen molar-refractivity contribution in [1.29, 1.82) is 0 Å². The van der Waals surface area contributed by atoms with Crippen LogP contribution in [0.3, 0.4) is 0 Å². The summed E-state index contributed by atoms with van der Waals surface area (Å²) in [7, 11) is 0. The van der Waals surface area contributed by atoms with Gasteiger partial charge in [0.1, 0.15) is 6.10 Å². The van der Waals surface area contributed by atoms with E-state index in [2.05, 4.69) is 52.0 Å². The normalized spacial score (nSPS) is 36.3. The molecule has 0 bridgehead atoms. The van der Waals surface area contributed by atoms with Crippen LogP contribution in [-0.2, 0) is 14.3 Å². The molecular formula is C41H68O5. The van der Waals surface area contributed by atoms with Gasteiger partial charge in [-0.25, -0.2) is 0 Å². The first-order chi connectivity index (χ1) is 22.1. The summed E-state index contributed by atoms with van der Waals surface area (Å²) < 4.78 is 6.08.